The molecule has 0 saturated heterocycles. The smallest absolute Gasteiger partial charge is 0.387 e. The van der Waals surface area contributed by atoms with Crippen LogP contribution in [-0.4, -0.2) is 6.61 Å². The van der Waals surface area contributed by atoms with Gasteiger partial charge in [-0.3, -0.25) is 0 Å². The van der Waals surface area contributed by atoms with Gasteiger partial charge in [-0.1, -0.05) is 30.7 Å². The zero-order valence-corrected chi connectivity index (χ0v) is 7.34. The van der Waals surface area contributed by atoms with Crippen LogP contribution in [0.5, 0.6) is 5.75 Å². The SMILES string of the molecule is C#Cc1c(C=C)cccc1OC(F)F. The van der Waals surface area contributed by atoms with Crippen LogP contribution in [0.4, 0.5) is 8.78 Å². The fourth-order valence-electron chi connectivity index (χ4n) is 1.07. The maximum absolute atomic E-state index is 12.0. The highest BCUT2D eigenvalue weighted by Crippen LogP contribution is 2.23. The Labute approximate surface area is 81.0 Å². The predicted molar refractivity (Wildman–Crippen MR) is 51.1 cm³/mol. The summed E-state index contributed by atoms with van der Waals surface area (Å²) in [6.07, 6.45) is 6.67. The van der Waals surface area contributed by atoms with Gasteiger partial charge in [-0.05, 0) is 11.6 Å². The minimum absolute atomic E-state index is 0.0000926. The zero-order chi connectivity index (χ0) is 10.6. The van der Waals surface area contributed by atoms with E-state index < -0.39 is 6.61 Å². The first-order chi connectivity index (χ1) is 6.69. The first-order valence-electron chi connectivity index (χ1n) is 3.86. The van der Waals surface area contributed by atoms with E-state index in [0.717, 1.165) is 0 Å². The third kappa shape index (κ3) is 2.11. The van der Waals surface area contributed by atoms with E-state index >= 15 is 0 Å². The second-order valence-electron chi connectivity index (χ2n) is 2.45. The number of halogens is 2. The Morgan fingerprint density at radius 1 is 1.50 bits per heavy atom. The summed E-state index contributed by atoms with van der Waals surface area (Å²) >= 11 is 0. The van der Waals surface area contributed by atoms with E-state index in [1.165, 1.54) is 12.1 Å². The largest absolute Gasteiger partial charge is 0.433 e. The molecule has 0 unspecified atom stereocenters. The Kier molecular flexibility index (Phi) is 3.24. The van der Waals surface area contributed by atoms with Crippen LogP contribution in [0.15, 0.2) is 24.8 Å². The van der Waals surface area contributed by atoms with Crippen LogP contribution in [0.3, 0.4) is 0 Å². The molecule has 0 fully saturated rings. The number of hydrogen-bond acceptors (Lipinski definition) is 1. The molecule has 0 aliphatic carbocycles. The van der Waals surface area contributed by atoms with Gasteiger partial charge in [0.15, 0.2) is 0 Å². The molecule has 0 amide bonds. The number of rotatable bonds is 3. The van der Waals surface area contributed by atoms with E-state index in [2.05, 4.69) is 17.2 Å². The number of alkyl halides is 2. The van der Waals surface area contributed by atoms with Crippen LogP contribution in [0.25, 0.3) is 6.08 Å². The second kappa shape index (κ2) is 4.43. The van der Waals surface area contributed by atoms with Crippen molar-refractivity contribution < 1.29 is 13.5 Å². The molecule has 3 heteroatoms. The van der Waals surface area contributed by atoms with Crippen molar-refractivity contribution >= 4 is 6.08 Å². The van der Waals surface area contributed by atoms with Gasteiger partial charge in [-0.15, -0.1) is 6.42 Å². The Hall–Kier alpha value is -1.82. The molecule has 1 aromatic carbocycles. The molecule has 0 atom stereocenters. The van der Waals surface area contributed by atoms with Gasteiger partial charge in [0.05, 0.1) is 5.56 Å². The summed E-state index contributed by atoms with van der Waals surface area (Å²) in [7, 11) is 0. The predicted octanol–water partition coefficient (Wildman–Crippen LogP) is 2.91. The maximum atomic E-state index is 12.0. The summed E-state index contributed by atoms with van der Waals surface area (Å²) in [5.41, 5.74) is 0.897. The van der Waals surface area contributed by atoms with Crippen LogP contribution in [0.2, 0.25) is 0 Å². The minimum Gasteiger partial charge on any atom is -0.433 e. The van der Waals surface area contributed by atoms with Crippen molar-refractivity contribution in [3.63, 3.8) is 0 Å². The highest BCUT2D eigenvalue weighted by Gasteiger charge is 2.09. The van der Waals surface area contributed by atoms with E-state index in [4.69, 9.17) is 6.42 Å². The molecule has 72 valence electrons. The standard InChI is InChI=1S/C11H8F2O/c1-3-8-6-5-7-10(9(8)4-2)14-11(12)13/h2-3,5-7,11H,1H2. The molecule has 0 radical (unpaired) electrons. The molecule has 0 aromatic heterocycles. The average Bonchev–Trinajstić information content (AvgIpc) is 2.16. The number of hydrogen-bond donors (Lipinski definition) is 0. The highest BCUT2D eigenvalue weighted by molar-refractivity contribution is 5.62. The third-order valence-electron chi connectivity index (χ3n) is 1.64. The Morgan fingerprint density at radius 3 is 2.71 bits per heavy atom. The van der Waals surface area contributed by atoms with Crippen molar-refractivity contribution in [2.45, 2.75) is 6.61 Å². The van der Waals surface area contributed by atoms with Crippen LogP contribution in [0.1, 0.15) is 11.1 Å². The van der Waals surface area contributed by atoms with Crippen molar-refractivity contribution in [3.8, 4) is 18.1 Å². The fourth-order valence-corrected chi connectivity index (χ4v) is 1.07. The van der Waals surface area contributed by atoms with Gasteiger partial charge in [0, 0.05) is 0 Å². The van der Waals surface area contributed by atoms with Crippen molar-refractivity contribution in [2.75, 3.05) is 0 Å². The zero-order valence-electron chi connectivity index (χ0n) is 7.34. The quantitative estimate of drug-likeness (QED) is 0.672. The first-order valence-corrected chi connectivity index (χ1v) is 3.86. The van der Waals surface area contributed by atoms with Gasteiger partial charge in [0.2, 0.25) is 0 Å². The Balaban J connectivity index is 3.17. The normalized spacial score (nSPS) is 9.57. The number of ether oxygens (including phenoxy) is 1. The molecule has 14 heavy (non-hydrogen) atoms. The molecule has 0 aliphatic rings. The van der Waals surface area contributed by atoms with E-state index in [1.54, 1.807) is 12.1 Å². The van der Waals surface area contributed by atoms with E-state index in [0.29, 0.717) is 11.1 Å². The molecule has 0 saturated carbocycles. The maximum Gasteiger partial charge on any atom is 0.387 e. The summed E-state index contributed by atoms with van der Waals surface area (Å²) in [5, 5.41) is 0. The molecule has 1 nitrogen and oxygen atoms in total. The Morgan fingerprint density at radius 2 is 2.21 bits per heavy atom. The van der Waals surface area contributed by atoms with Crippen LogP contribution in [0, 0.1) is 12.3 Å². The monoisotopic (exact) mass is 194 g/mol. The van der Waals surface area contributed by atoms with E-state index in [-0.39, 0.29) is 5.75 Å². The summed E-state index contributed by atoms with van der Waals surface area (Å²) in [6.45, 7) is 0.648. The number of terminal acetylenes is 1. The fraction of sp³-hybridized carbons (Fsp3) is 0.0909. The molecule has 0 aliphatic heterocycles. The highest BCUT2D eigenvalue weighted by atomic mass is 19.3. The first kappa shape index (κ1) is 10.3. The molecule has 0 heterocycles. The van der Waals surface area contributed by atoms with Gasteiger partial charge in [-0.25, -0.2) is 0 Å². The summed E-state index contributed by atoms with van der Waals surface area (Å²) in [6, 6.07) is 4.66. The van der Waals surface area contributed by atoms with E-state index in [9.17, 15) is 8.78 Å². The summed E-state index contributed by atoms with van der Waals surface area (Å²) in [5.74, 6) is 2.29. The lowest BCUT2D eigenvalue weighted by molar-refractivity contribution is -0.0500. The van der Waals surface area contributed by atoms with Gasteiger partial charge >= 0.3 is 6.61 Å². The van der Waals surface area contributed by atoms with Crippen LogP contribution >= 0.6 is 0 Å². The lowest BCUT2D eigenvalue weighted by Gasteiger charge is -2.08. The average molecular weight is 194 g/mol. The minimum atomic E-state index is -2.87. The third-order valence-corrected chi connectivity index (χ3v) is 1.64. The van der Waals surface area contributed by atoms with Gasteiger partial charge in [-0.2, -0.15) is 8.78 Å². The second-order valence-corrected chi connectivity index (χ2v) is 2.45. The topological polar surface area (TPSA) is 9.23 Å². The molecule has 0 N–H and O–H groups in total. The summed E-state index contributed by atoms with van der Waals surface area (Å²) < 4.78 is 28.2. The van der Waals surface area contributed by atoms with Gasteiger partial charge < -0.3 is 4.74 Å². The summed E-state index contributed by atoms with van der Waals surface area (Å²) in [4.78, 5) is 0. The molecular formula is C11H8F2O. The lowest BCUT2D eigenvalue weighted by atomic mass is 10.1. The Bertz CT molecular complexity index is 377. The van der Waals surface area contributed by atoms with Crippen molar-refractivity contribution in [2.24, 2.45) is 0 Å². The van der Waals surface area contributed by atoms with Crippen LogP contribution < -0.4 is 4.74 Å². The van der Waals surface area contributed by atoms with Crippen molar-refractivity contribution in [1.29, 1.82) is 0 Å². The van der Waals surface area contributed by atoms with Gasteiger partial charge in [0.1, 0.15) is 5.75 Å². The van der Waals surface area contributed by atoms with Crippen molar-refractivity contribution in [3.05, 3.63) is 35.9 Å². The lowest BCUT2D eigenvalue weighted by Crippen LogP contribution is -2.04. The number of benzene rings is 1. The molecule has 1 rings (SSSR count). The van der Waals surface area contributed by atoms with Crippen LogP contribution in [-0.2, 0) is 0 Å². The molecular weight excluding hydrogens is 186 g/mol. The van der Waals surface area contributed by atoms with Crippen molar-refractivity contribution in [1.82, 2.24) is 0 Å². The molecule has 1 aromatic rings. The molecule has 0 spiro atoms. The van der Waals surface area contributed by atoms with E-state index in [1.807, 2.05) is 0 Å². The van der Waals surface area contributed by atoms with Gasteiger partial charge in [0.25, 0.3) is 0 Å². The molecule has 0 bridgehead atoms.